The zero-order chi connectivity index (χ0) is 15.9. The average Bonchev–Trinajstić information content (AvgIpc) is 2.40. The minimum atomic E-state index is -0.169. The molecule has 3 heteroatoms. The van der Waals surface area contributed by atoms with Crippen LogP contribution in [0.2, 0.25) is 0 Å². The summed E-state index contributed by atoms with van der Waals surface area (Å²) in [5.41, 5.74) is 1.43. The summed E-state index contributed by atoms with van der Waals surface area (Å²) in [6.45, 7) is 12.1. The molecule has 0 radical (unpaired) electrons. The third-order valence-electron chi connectivity index (χ3n) is 3.85. The number of nitrogens with zero attached hydrogens (tertiary/aromatic N) is 1. The molecule has 0 bridgehead atoms. The first-order valence-electron chi connectivity index (χ1n) is 7.99. The first kappa shape index (κ1) is 18.1. The molecule has 1 aromatic rings. The van der Waals surface area contributed by atoms with Crippen LogP contribution in [0, 0.1) is 11.2 Å². The summed E-state index contributed by atoms with van der Waals surface area (Å²) in [6, 6.07) is 7.31. The Labute approximate surface area is 129 Å². The molecule has 0 fully saturated rings. The van der Waals surface area contributed by atoms with Crippen molar-refractivity contribution in [2.24, 2.45) is 5.41 Å². The minimum Gasteiger partial charge on any atom is -0.313 e. The SMILES string of the molecule is CCCNC(CCN(C)Cc1ccc(F)cc1)C(C)(C)C. The molecule has 0 aliphatic carbocycles. The lowest BCUT2D eigenvalue weighted by Crippen LogP contribution is -2.42. The third kappa shape index (κ3) is 7.05. The molecule has 120 valence electrons. The Morgan fingerprint density at radius 3 is 2.33 bits per heavy atom. The first-order chi connectivity index (χ1) is 9.82. The second-order valence-electron chi connectivity index (χ2n) is 7.03. The van der Waals surface area contributed by atoms with E-state index in [1.165, 1.54) is 12.1 Å². The van der Waals surface area contributed by atoms with Gasteiger partial charge in [-0.25, -0.2) is 4.39 Å². The van der Waals surface area contributed by atoms with Gasteiger partial charge in [-0.05, 0) is 56.1 Å². The standard InChI is InChI=1S/C18H31FN2/c1-6-12-20-17(18(2,3)4)11-13-21(5)14-15-7-9-16(19)10-8-15/h7-10,17,20H,6,11-14H2,1-5H3. The Hall–Kier alpha value is -0.930. The van der Waals surface area contributed by atoms with Crippen molar-refractivity contribution in [2.75, 3.05) is 20.1 Å². The molecular weight excluding hydrogens is 263 g/mol. The van der Waals surface area contributed by atoms with Gasteiger partial charge < -0.3 is 10.2 Å². The average molecular weight is 294 g/mol. The molecule has 0 spiro atoms. The number of rotatable bonds is 8. The maximum absolute atomic E-state index is 12.9. The van der Waals surface area contributed by atoms with Crippen LogP contribution in [-0.2, 0) is 6.54 Å². The van der Waals surface area contributed by atoms with Crippen LogP contribution in [0.3, 0.4) is 0 Å². The smallest absolute Gasteiger partial charge is 0.123 e. The molecule has 1 rings (SSSR count). The summed E-state index contributed by atoms with van der Waals surface area (Å²) >= 11 is 0. The van der Waals surface area contributed by atoms with Gasteiger partial charge in [-0.3, -0.25) is 0 Å². The molecule has 0 aromatic heterocycles. The van der Waals surface area contributed by atoms with E-state index >= 15 is 0 Å². The highest BCUT2D eigenvalue weighted by atomic mass is 19.1. The maximum atomic E-state index is 12.9. The van der Waals surface area contributed by atoms with Gasteiger partial charge in [-0.1, -0.05) is 39.8 Å². The Morgan fingerprint density at radius 1 is 1.19 bits per heavy atom. The Balaban J connectivity index is 2.45. The van der Waals surface area contributed by atoms with Crippen LogP contribution in [0.15, 0.2) is 24.3 Å². The summed E-state index contributed by atoms with van der Waals surface area (Å²) in [6.07, 6.45) is 2.29. The molecule has 0 saturated carbocycles. The number of benzene rings is 1. The molecule has 0 aliphatic heterocycles. The predicted molar refractivity (Wildman–Crippen MR) is 88.9 cm³/mol. The van der Waals surface area contributed by atoms with E-state index in [0.717, 1.165) is 38.0 Å². The van der Waals surface area contributed by atoms with Crippen molar-refractivity contribution < 1.29 is 4.39 Å². The number of hydrogen-bond donors (Lipinski definition) is 1. The second-order valence-corrected chi connectivity index (χ2v) is 7.03. The number of halogens is 1. The van der Waals surface area contributed by atoms with Crippen molar-refractivity contribution in [2.45, 2.75) is 53.1 Å². The fourth-order valence-corrected chi connectivity index (χ4v) is 2.49. The number of hydrogen-bond acceptors (Lipinski definition) is 2. The van der Waals surface area contributed by atoms with Crippen molar-refractivity contribution in [1.82, 2.24) is 10.2 Å². The van der Waals surface area contributed by atoms with Gasteiger partial charge >= 0.3 is 0 Å². The van der Waals surface area contributed by atoms with Gasteiger partial charge in [-0.2, -0.15) is 0 Å². The van der Waals surface area contributed by atoms with Gasteiger partial charge in [0, 0.05) is 12.6 Å². The quantitative estimate of drug-likeness (QED) is 0.778. The Bertz CT molecular complexity index is 395. The highest BCUT2D eigenvalue weighted by molar-refractivity contribution is 5.15. The second kappa shape index (κ2) is 8.50. The topological polar surface area (TPSA) is 15.3 Å². The fourth-order valence-electron chi connectivity index (χ4n) is 2.49. The first-order valence-corrected chi connectivity index (χ1v) is 7.99. The van der Waals surface area contributed by atoms with Gasteiger partial charge in [0.15, 0.2) is 0 Å². The van der Waals surface area contributed by atoms with E-state index in [9.17, 15) is 4.39 Å². The van der Waals surface area contributed by atoms with Crippen LogP contribution in [0.1, 0.15) is 46.1 Å². The molecule has 0 aliphatic rings. The highest BCUT2D eigenvalue weighted by Crippen LogP contribution is 2.22. The van der Waals surface area contributed by atoms with Gasteiger partial charge in [0.1, 0.15) is 5.82 Å². The van der Waals surface area contributed by atoms with E-state index < -0.39 is 0 Å². The van der Waals surface area contributed by atoms with Crippen molar-refractivity contribution in [3.05, 3.63) is 35.6 Å². The molecule has 2 nitrogen and oxygen atoms in total. The Kier molecular flexibility index (Phi) is 7.33. The molecule has 1 unspecified atom stereocenters. The minimum absolute atomic E-state index is 0.169. The van der Waals surface area contributed by atoms with E-state index in [4.69, 9.17) is 0 Å². The van der Waals surface area contributed by atoms with Crippen molar-refractivity contribution in [1.29, 1.82) is 0 Å². The molecule has 21 heavy (non-hydrogen) atoms. The van der Waals surface area contributed by atoms with Gasteiger partial charge in [0.05, 0.1) is 0 Å². The molecule has 1 N–H and O–H groups in total. The van der Waals surface area contributed by atoms with Crippen LogP contribution >= 0.6 is 0 Å². The lowest BCUT2D eigenvalue weighted by atomic mass is 9.84. The van der Waals surface area contributed by atoms with Gasteiger partial charge in [-0.15, -0.1) is 0 Å². The van der Waals surface area contributed by atoms with E-state index in [0.29, 0.717) is 6.04 Å². The fraction of sp³-hybridized carbons (Fsp3) is 0.667. The highest BCUT2D eigenvalue weighted by Gasteiger charge is 2.23. The molecular formula is C18H31FN2. The maximum Gasteiger partial charge on any atom is 0.123 e. The van der Waals surface area contributed by atoms with Gasteiger partial charge in [0.2, 0.25) is 0 Å². The van der Waals surface area contributed by atoms with E-state index in [1.54, 1.807) is 0 Å². The van der Waals surface area contributed by atoms with Crippen LogP contribution in [0.4, 0.5) is 4.39 Å². The van der Waals surface area contributed by atoms with Crippen LogP contribution in [0.25, 0.3) is 0 Å². The summed E-state index contributed by atoms with van der Waals surface area (Å²) in [5.74, 6) is -0.169. The van der Waals surface area contributed by atoms with E-state index in [2.05, 4.69) is 45.0 Å². The molecule has 0 heterocycles. The van der Waals surface area contributed by atoms with Crippen molar-refractivity contribution >= 4 is 0 Å². The largest absolute Gasteiger partial charge is 0.313 e. The summed E-state index contributed by atoms with van der Waals surface area (Å²) in [4.78, 5) is 2.31. The lowest BCUT2D eigenvalue weighted by Gasteiger charge is -2.33. The molecule has 0 amide bonds. The monoisotopic (exact) mass is 294 g/mol. The summed E-state index contributed by atoms with van der Waals surface area (Å²) in [5, 5.41) is 3.66. The lowest BCUT2D eigenvalue weighted by molar-refractivity contribution is 0.219. The van der Waals surface area contributed by atoms with Crippen LogP contribution < -0.4 is 5.32 Å². The van der Waals surface area contributed by atoms with E-state index in [-0.39, 0.29) is 11.2 Å². The molecule has 1 aromatic carbocycles. The normalized spacial score (nSPS) is 13.7. The van der Waals surface area contributed by atoms with E-state index in [1.807, 2.05) is 12.1 Å². The molecule has 1 atom stereocenters. The third-order valence-corrected chi connectivity index (χ3v) is 3.85. The zero-order valence-electron chi connectivity index (χ0n) is 14.2. The van der Waals surface area contributed by atoms with Crippen molar-refractivity contribution in [3.8, 4) is 0 Å². The molecule has 0 saturated heterocycles. The zero-order valence-corrected chi connectivity index (χ0v) is 14.2. The van der Waals surface area contributed by atoms with Crippen LogP contribution in [-0.4, -0.2) is 31.1 Å². The number of nitrogens with one attached hydrogen (secondary N) is 1. The summed E-state index contributed by atoms with van der Waals surface area (Å²) < 4.78 is 12.9. The predicted octanol–water partition coefficient (Wildman–Crippen LogP) is 4.06. The van der Waals surface area contributed by atoms with Gasteiger partial charge in [0.25, 0.3) is 0 Å². The van der Waals surface area contributed by atoms with Crippen molar-refractivity contribution in [3.63, 3.8) is 0 Å². The Morgan fingerprint density at radius 2 is 1.81 bits per heavy atom. The van der Waals surface area contributed by atoms with Crippen LogP contribution in [0.5, 0.6) is 0 Å². The summed E-state index contributed by atoms with van der Waals surface area (Å²) in [7, 11) is 2.13.